The Hall–Kier alpha value is -0.980. The van der Waals surface area contributed by atoms with Crippen LogP contribution in [0, 0.1) is 5.92 Å². The summed E-state index contributed by atoms with van der Waals surface area (Å²) in [5, 5.41) is 3.34. The van der Waals surface area contributed by atoms with Gasteiger partial charge in [0.25, 0.3) is 10.0 Å². The maximum atomic E-state index is 12.0. The summed E-state index contributed by atoms with van der Waals surface area (Å²) in [6, 6.07) is 3.35. The maximum Gasteiger partial charge on any atom is 0.258 e. The summed E-state index contributed by atoms with van der Waals surface area (Å²) in [7, 11) is -3.48. The Labute approximate surface area is 122 Å². The van der Waals surface area contributed by atoms with Gasteiger partial charge < -0.3 is 5.32 Å². The zero-order valence-electron chi connectivity index (χ0n) is 12.5. The normalized spacial score (nSPS) is 12.0. The summed E-state index contributed by atoms with van der Waals surface area (Å²) in [5.41, 5.74) is 0.986. The zero-order chi connectivity index (χ0) is 15.0. The monoisotopic (exact) mass is 299 g/mol. The first-order valence-corrected chi connectivity index (χ1v) is 8.59. The van der Waals surface area contributed by atoms with Gasteiger partial charge in [0.15, 0.2) is 5.03 Å². The number of nitrogens with one attached hydrogen (secondary N) is 2. The Bertz CT molecular complexity index is 484. The molecule has 20 heavy (non-hydrogen) atoms. The number of pyridine rings is 1. The molecule has 1 aromatic rings. The van der Waals surface area contributed by atoms with Crippen molar-refractivity contribution in [3.05, 3.63) is 23.9 Å². The summed E-state index contributed by atoms with van der Waals surface area (Å²) in [6.45, 7) is 8.32. The van der Waals surface area contributed by atoms with Crippen molar-refractivity contribution in [1.29, 1.82) is 0 Å². The standard InChI is InChI=1S/C14H25N3O2S/c1-4-8-15-10-13-5-6-14(16-11-13)20(18,19)17-9-7-12(2)3/h5-6,11-12,15,17H,4,7-10H2,1-3H3. The second-order valence-corrected chi connectivity index (χ2v) is 6.98. The molecule has 0 aliphatic rings. The predicted molar refractivity (Wildman–Crippen MR) is 80.9 cm³/mol. The van der Waals surface area contributed by atoms with Gasteiger partial charge >= 0.3 is 0 Å². The Balaban J connectivity index is 2.57. The van der Waals surface area contributed by atoms with Crippen LogP contribution in [0.4, 0.5) is 0 Å². The van der Waals surface area contributed by atoms with Crippen LogP contribution in [-0.2, 0) is 16.6 Å². The molecule has 114 valence electrons. The lowest BCUT2D eigenvalue weighted by Crippen LogP contribution is -2.26. The average Bonchev–Trinajstić information content (AvgIpc) is 2.39. The second-order valence-electron chi connectivity index (χ2n) is 5.26. The van der Waals surface area contributed by atoms with Crippen LogP contribution in [0.25, 0.3) is 0 Å². The molecule has 0 atom stereocenters. The molecule has 0 radical (unpaired) electrons. The van der Waals surface area contributed by atoms with Gasteiger partial charge in [0.2, 0.25) is 0 Å². The summed E-state index contributed by atoms with van der Waals surface area (Å²) in [5.74, 6) is 0.470. The minimum atomic E-state index is -3.48. The topological polar surface area (TPSA) is 71.1 Å². The highest BCUT2D eigenvalue weighted by molar-refractivity contribution is 7.89. The van der Waals surface area contributed by atoms with Crippen molar-refractivity contribution in [2.75, 3.05) is 13.1 Å². The first-order valence-electron chi connectivity index (χ1n) is 7.11. The van der Waals surface area contributed by atoms with Gasteiger partial charge in [-0.15, -0.1) is 0 Å². The van der Waals surface area contributed by atoms with Crippen LogP contribution in [0.1, 0.15) is 39.2 Å². The van der Waals surface area contributed by atoms with Gasteiger partial charge in [-0.25, -0.2) is 18.1 Å². The van der Waals surface area contributed by atoms with E-state index in [0.717, 1.165) is 24.9 Å². The Morgan fingerprint density at radius 1 is 1.25 bits per heavy atom. The molecule has 1 rings (SSSR count). The predicted octanol–water partition coefficient (Wildman–Crippen LogP) is 1.91. The molecule has 0 saturated heterocycles. The van der Waals surface area contributed by atoms with Crippen molar-refractivity contribution in [2.45, 2.75) is 45.2 Å². The third kappa shape index (κ3) is 5.98. The van der Waals surface area contributed by atoms with E-state index < -0.39 is 10.0 Å². The van der Waals surface area contributed by atoms with Crippen LogP contribution in [0.5, 0.6) is 0 Å². The van der Waals surface area contributed by atoms with Gasteiger partial charge in [-0.1, -0.05) is 26.8 Å². The Morgan fingerprint density at radius 2 is 2.00 bits per heavy atom. The van der Waals surface area contributed by atoms with Gasteiger partial charge in [-0.3, -0.25) is 0 Å². The van der Waals surface area contributed by atoms with Crippen LogP contribution in [0.15, 0.2) is 23.4 Å². The molecule has 0 spiro atoms. The van der Waals surface area contributed by atoms with E-state index in [4.69, 9.17) is 0 Å². The molecule has 0 saturated carbocycles. The van der Waals surface area contributed by atoms with Crippen LogP contribution in [-0.4, -0.2) is 26.5 Å². The van der Waals surface area contributed by atoms with Gasteiger partial charge in [-0.05, 0) is 36.9 Å². The summed E-state index contributed by atoms with van der Waals surface area (Å²) in [4.78, 5) is 4.04. The largest absolute Gasteiger partial charge is 0.313 e. The first-order chi connectivity index (χ1) is 9.45. The molecule has 0 bridgehead atoms. The van der Waals surface area contributed by atoms with Gasteiger partial charge in [0.1, 0.15) is 0 Å². The molecule has 6 heteroatoms. The number of hydrogen-bond acceptors (Lipinski definition) is 4. The third-order valence-corrected chi connectivity index (χ3v) is 4.22. The van der Waals surface area contributed by atoms with E-state index in [1.54, 1.807) is 18.3 Å². The van der Waals surface area contributed by atoms with Gasteiger partial charge in [-0.2, -0.15) is 0 Å². The Morgan fingerprint density at radius 3 is 2.55 bits per heavy atom. The van der Waals surface area contributed by atoms with Crippen LogP contribution >= 0.6 is 0 Å². The fourth-order valence-electron chi connectivity index (χ4n) is 1.64. The summed E-state index contributed by atoms with van der Waals surface area (Å²) in [6.07, 6.45) is 3.50. The molecule has 0 aliphatic carbocycles. The highest BCUT2D eigenvalue weighted by atomic mass is 32.2. The van der Waals surface area contributed by atoms with E-state index in [1.165, 1.54) is 0 Å². The van der Waals surface area contributed by atoms with Crippen molar-refractivity contribution in [3.63, 3.8) is 0 Å². The van der Waals surface area contributed by atoms with E-state index in [2.05, 4.69) is 35.8 Å². The third-order valence-electron chi connectivity index (χ3n) is 2.84. The summed E-state index contributed by atoms with van der Waals surface area (Å²) < 4.78 is 26.6. The van der Waals surface area contributed by atoms with E-state index in [9.17, 15) is 8.42 Å². The van der Waals surface area contributed by atoms with Crippen LogP contribution in [0.3, 0.4) is 0 Å². The fourth-order valence-corrected chi connectivity index (χ4v) is 2.61. The molecule has 0 aliphatic heterocycles. The zero-order valence-corrected chi connectivity index (χ0v) is 13.3. The van der Waals surface area contributed by atoms with Crippen LogP contribution in [0.2, 0.25) is 0 Å². The molecule has 5 nitrogen and oxygen atoms in total. The molecular formula is C14H25N3O2S. The number of nitrogens with zero attached hydrogens (tertiary/aromatic N) is 1. The number of aromatic nitrogens is 1. The smallest absolute Gasteiger partial charge is 0.258 e. The fraction of sp³-hybridized carbons (Fsp3) is 0.643. The van der Waals surface area contributed by atoms with Crippen molar-refractivity contribution >= 4 is 10.0 Å². The molecule has 1 aromatic heterocycles. The maximum absolute atomic E-state index is 12.0. The molecule has 0 aromatic carbocycles. The van der Waals surface area contributed by atoms with Crippen molar-refractivity contribution in [2.24, 2.45) is 5.92 Å². The molecule has 1 heterocycles. The average molecular weight is 299 g/mol. The van der Waals surface area contributed by atoms with E-state index >= 15 is 0 Å². The minimum absolute atomic E-state index is 0.0838. The number of rotatable bonds is 9. The SMILES string of the molecule is CCCNCc1ccc(S(=O)(=O)NCCC(C)C)nc1. The molecule has 0 amide bonds. The van der Waals surface area contributed by atoms with Crippen molar-refractivity contribution in [1.82, 2.24) is 15.0 Å². The molecule has 2 N–H and O–H groups in total. The van der Waals surface area contributed by atoms with Gasteiger partial charge in [0, 0.05) is 19.3 Å². The van der Waals surface area contributed by atoms with Crippen LogP contribution < -0.4 is 10.0 Å². The van der Waals surface area contributed by atoms with Crippen molar-refractivity contribution < 1.29 is 8.42 Å². The first kappa shape index (κ1) is 17.1. The summed E-state index contributed by atoms with van der Waals surface area (Å²) >= 11 is 0. The van der Waals surface area contributed by atoms with E-state index in [1.807, 2.05) is 0 Å². The van der Waals surface area contributed by atoms with Crippen molar-refractivity contribution in [3.8, 4) is 0 Å². The lowest BCUT2D eigenvalue weighted by molar-refractivity contribution is 0.549. The molecule has 0 unspecified atom stereocenters. The lowest BCUT2D eigenvalue weighted by atomic mass is 10.1. The van der Waals surface area contributed by atoms with Gasteiger partial charge in [0.05, 0.1) is 0 Å². The molecule has 0 fully saturated rings. The van der Waals surface area contributed by atoms with E-state index in [-0.39, 0.29) is 5.03 Å². The highest BCUT2D eigenvalue weighted by Crippen LogP contribution is 2.07. The molecular weight excluding hydrogens is 274 g/mol. The number of sulfonamides is 1. The number of hydrogen-bond donors (Lipinski definition) is 2. The second kappa shape index (κ2) is 8.34. The quantitative estimate of drug-likeness (QED) is 0.683. The Kier molecular flexibility index (Phi) is 7.12. The highest BCUT2D eigenvalue weighted by Gasteiger charge is 2.14. The van der Waals surface area contributed by atoms with E-state index in [0.29, 0.717) is 19.0 Å². The minimum Gasteiger partial charge on any atom is -0.313 e. The lowest BCUT2D eigenvalue weighted by Gasteiger charge is -2.08.